The molecule has 1 fully saturated rings. The van der Waals surface area contributed by atoms with Gasteiger partial charge in [-0.05, 0) is 49.6 Å². The van der Waals surface area contributed by atoms with Crippen molar-refractivity contribution in [3.63, 3.8) is 0 Å². The first-order chi connectivity index (χ1) is 9.93. The fourth-order valence-corrected chi connectivity index (χ4v) is 2.61. The number of aromatic nitrogens is 2. The summed E-state index contributed by atoms with van der Waals surface area (Å²) in [7, 11) is 0. The number of nitrogens with zero attached hydrogens (tertiary/aromatic N) is 3. The molecule has 0 amide bonds. The number of piperidine rings is 1. The summed E-state index contributed by atoms with van der Waals surface area (Å²) in [6.07, 6.45) is 11.6. The van der Waals surface area contributed by atoms with Gasteiger partial charge in [-0.3, -0.25) is 9.97 Å². The first kappa shape index (κ1) is 12.9. The summed E-state index contributed by atoms with van der Waals surface area (Å²) >= 11 is 0. The van der Waals surface area contributed by atoms with Gasteiger partial charge >= 0.3 is 0 Å². The SMILES string of the molecule is C(=C(\c1cccnc1)N1CCCCC1)/c1ccccn1. The summed E-state index contributed by atoms with van der Waals surface area (Å²) in [6.45, 7) is 2.24. The highest BCUT2D eigenvalue weighted by molar-refractivity contribution is 5.79. The lowest BCUT2D eigenvalue weighted by Gasteiger charge is -2.31. The second-order valence-corrected chi connectivity index (χ2v) is 5.07. The Balaban J connectivity index is 1.97. The summed E-state index contributed by atoms with van der Waals surface area (Å²) in [5.74, 6) is 0. The molecule has 2 aromatic heterocycles. The van der Waals surface area contributed by atoms with Gasteiger partial charge in [-0.1, -0.05) is 6.07 Å². The molecule has 3 rings (SSSR count). The van der Waals surface area contributed by atoms with Gasteiger partial charge < -0.3 is 4.90 Å². The van der Waals surface area contributed by atoms with Crippen LogP contribution in [-0.2, 0) is 0 Å². The molecular formula is C17H19N3. The molecular weight excluding hydrogens is 246 g/mol. The molecule has 2 aromatic rings. The fourth-order valence-electron chi connectivity index (χ4n) is 2.61. The largest absolute Gasteiger partial charge is 0.371 e. The minimum atomic E-state index is 0.997. The van der Waals surface area contributed by atoms with E-state index < -0.39 is 0 Å². The molecule has 102 valence electrons. The van der Waals surface area contributed by atoms with Crippen molar-refractivity contribution in [3.05, 3.63) is 60.2 Å². The number of pyridine rings is 2. The summed E-state index contributed by atoms with van der Waals surface area (Å²) in [4.78, 5) is 11.1. The summed E-state index contributed by atoms with van der Waals surface area (Å²) in [5.41, 5.74) is 3.40. The van der Waals surface area contributed by atoms with E-state index in [4.69, 9.17) is 0 Å². The van der Waals surface area contributed by atoms with Crippen LogP contribution >= 0.6 is 0 Å². The molecule has 3 nitrogen and oxygen atoms in total. The van der Waals surface area contributed by atoms with E-state index in [1.807, 2.05) is 42.9 Å². The van der Waals surface area contributed by atoms with Crippen molar-refractivity contribution in [1.29, 1.82) is 0 Å². The van der Waals surface area contributed by atoms with E-state index in [-0.39, 0.29) is 0 Å². The minimum Gasteiger partial charge on any atom is -0.371 e. The molecule has 3 heterocycles. The normalized spacial score (nSPS) is 16.2. The van der Waals surface area contributed by atoms with Crippen molar-refractivity contribution < 1.29 is 0 Å². The highest BCUT2D eigenvalue weighted by Crippen LogP contribution is 2.24. The molecule has 0 unspecified atom stereocenters. The molecule has 0 spiro atoms. The van der Waals surface area contributed by atoms with Crippen LogP contribution in [0.2, 0.25) is 0 Å². The van der Waals surface area contributed by atoms with Crippen LogP contribution in [-0.4, -0.2) is 28.0 Å². The van der Waals surface area contributed by atoms with Gasteiger partial charge in [0.2, 0.25) is 0 Å². The van der Waals surface area contributed by atoms with Gasteiger partial charge in [0.25, 0.3) is 0 Å². The molecule has 0 radical (unpaired) electrons. The molecule has 1 aliphatic rings. The Kier molecular flexibility index (Phi) is 4.07. The van der Waals surface area contributed by atoms with Crippen molar-refractivity contribution in [2.45, 2.75) is 19.3 Å². The zero-order valence-corrected chi connectivity index (χ0v) is 11.6. The zero-order chi connectivity index (χ0) is 13.6. The summed E-state index contributed by atoms with van der Waals surface area (Å²) in [5, 5.41) is 0. The van der Waals surface area contributed by atoms with E-state index >= 15 is 0 Å². The number of rotatable bonds is 3. The van der Waals surface area contributed by atoms with Gasteiger partial charge in [-0.15, -0.1) is 0 Å². The number of hydrogen-bond donors (Lipinski definition) is 0. The highest BCUT2D eigenvalue weighted by atomic mass is 15.1. The van der Waals surface area contributed by atoms with Crippen LogP contribution in [0.5, 0.6) is 0 Å². The third kappa shape index (κ3) is 3.05. The van der Waals surface area contributed by atoms with Gasteiger partial charge in [0, 0.05) is 42.9 Å². The van der Waals surface area contributed by atoms with Crippen LogP contribution in [0.25, 0.3) is 11.8 Å². The van der Waals surface area contributed by atoms with Crippen LogP contribution < -0.4 is 0 Å². The van der Waals surface area contributed by atoms with Crippen molar-refractivity contribution in [3.8, 4) is 0 Å². The molecule has 20 heavy (non-hydrogen) atoms. The zero-order valence-electron chi connectivity index (χ0n) is 11.6. The molecule has 0 saturated carbocycles. The second-order valence-electron chi connectivity index (χ2n) is 5.07. The average molecular weight is 265 g/mol. The molecule has 1 aliphatic heterocycles. The quantitative estimate of drug-likeness (QED) is 0.851. The molecule has 0 bridgehead atoms. The van der Waals surface area contributed by atoms with Gasteiger partial charge in [0.05, 0.1) is 5.69 Å². The van der Waals surface area contributed by atoms with Crippen molar-refractivity contribution >= 4 is 11.8 Å². The van der Waals surface area contributed by atoms with Crippen LogP contribution in [0.1, 0.15) is 30.5 Å². The molecule has 0 atom stereocenters. The van der Waals surface area contributed by atoms with Crippen LogP contribution in [0.15, 0.2) is 48.9 Å². The summed E-state index contributed by atoms with van der Waals surface area (Å²) < 4.78 is 0. The molecule has 0 aliphatic carbocycles. The van der Waals surface area contributed by atoms with E-state index in [1.165, 1.54) is 30.5 Å². The standard InChI is InChI=1S/C17H19N3/c1-4-11-20(12-5-1)17(15-7-6-9-18-14-15)13-16-8-2-3-10-19-16/h2-3,6-10,13-14H,1,4-5,11-12H2/b17-13-. The Morgan fingerprint density at radius 1 is 1.00 bits per heavy atom. The van der Waals surface area contributed by atoms with E-state index in [0.717, 1.165) is 18.8 Å². The summed E-state index contributed by atoms with van der Waals surface area (Å²) in [6, 6.07) is 10.1. The van der Waals surface area contributed by atoms with E-state index in [0.29, 0.717) is 0 Å². The minimum absolute atomic E-state index is 0.997. The second kappa shape index (κ2) is 6.33. The smallest absolute Gasteiger partial charge is 0.0650 e. The lowest BCUT2D eigenvalue weighted by Crippen LogP contribution is -2.28. The number of likely N-dealkylation sites (tertiary alicyclic amines) is 1. The predicted molar refractivity (Wildman–Crippen MR) is 81.8 cm³/mol. The Morgan fingerprint density at radius 2 is 1.90 bits per heavy atom. The maximum Gasteiger partial charge on any atom is 0.0650 e. The maximum absolute atomic E-state index is 4.42. The molecule has 1 saturated heterocycles. The van der Waals surface area contributed by atoms with Gasteiger partial charge in [-0.25, -0.2) is 0 Å². The Bertz CT molecular complexity index is 557. The van der Waals surface area contributed by atoms with Crippen molar-refractivity contribution in [2.24, 2.45) is 0 Å². The lowest BCUT2D eigenvalue weighted by atomic mass is 10.1. The number of hydrogen-bond acceptors (Lipinski definition) is 3. The predicted octanol–water partition coefficient (Wildman–Crippen LogP) is 3.46. The fraction of sp³-hybridized carbons (Fsp3) is 0.294. The Labute approximate surface area is 120 Å². The van der Waals surface area contributed by atoms with Gasteiger partial charge in [0.15, 0.2) is 0 Å². The van der Waals surface area contributed by atoms with E-state index in [1.54, 1.807) is 0 Å². The van der Waals surface area contributed by atoms with Gasteiger partial charge in [-0.2, -0.15) is 0 Å². The van der Waals surface area contributed by atoms with Crippen LogP contribution in [0, 0.1) is 0 Å². The third-order valence-corrected chi connectivity index (χ3v) is 3.63. The van der Waals surface area contributed by atoms with Crippen LogP contribution in [0.3, 0.4) is 0 Å². The Hall–Kier alpha value is -2.16. The van der Waals surface area contributed by atoms with Crippen molar-refractivity contribution in [1.82, 2.24) is 14.9 Å². The lowest BCUT2D eigenvalue weighted by molar-refractivity contribution is 0.327. The topological polar surface area (TPSA) is 29.0 Å². The molecule has 0 N–H and O–H groups in total. The molecule has 0 aromatic carbocycles. The average Bonchev–Trinajstić information content (AvgIpc) is 2.55. The third-order valence-electron chi connectivity index (χ3n) is 3.63. The van der Waals surface area contributed by atoms with E-state index in [2.05, 4.69) is 27.0 Å². The first-order valence-electron chi connectivity index (χ1n) is 7.21. The van der Waals surface area contributed by atoms with Crippen molar-refractivity contribution in [2.75, 3.05) is 13.1 Å². The highest BCUT2D eigenvalue weighted by Gasteiger charge is 2.15. The maximum atomic E-state index is 4.42. The first-order valence-corrected chi connectivity index (χ1v) is 7.21. The Morgan fingerprint density at radius 3 is 2.60 bits per heavy atom. The van der Waals surface area contributed by atoms with E-state index in [9.17, 15) is 0 Å². The molecule has 3 heteroatoms. The van der Waals surface area contributed by atoms with Crippen LogP contribution in [0.4, 0.5) is 0 Å². The monoisotopic (exact) mass is 265 g/mol. The van der Waals surface area contributed by atoms with Gasteiger partial charge in [0.1, 0.15) is 0 Å².